The Bertz CT molecular complexity index is 857. The Morgan fingerprint density at radius 2 is 0.579 bits per heavy atom. The second kappa shape index (κ2) is 45.5. The van der Waals surface area contributed by atoms with Crippen molar-refractivity contribution in [2.24, 2.45) is 5.92 Å². The molecule has 0 unspecified atom stereocenters. The van der Waals surface area contributed by atoms with Crippen LogP contribution in [0.4, 0.5) is 0 Å². The number of hydrogen-bond acceptors (Lipinski definition) is 6. The summed E-state index contributed by atoms with van der Waals surface area (Å²) >= 11 is 0. The van der Waals surface area contributed by atoms with Crippen molar-refractivity contribution in [2.45, 2.75) is 291 Å². The second-order valence-electron chi connectivity index (χ2n) is 17.9. The number of unbranched alkanes of at least 4 members (excludes halogenated alkanes) is 33. The van der Waals surface area contributed by atoms with Gasteiger partial charge in [0, 0.05) is 19.3 Å². The Hall–Kier alpha value is -1.59. The molecule has 6 nitrogen and oxygen atoms in total. The van der Waals surface area contributed by atoms with Gasteiger partial charge in [-0.3, -0.25) is 14.4 Å². The lowest BCUT2D eigenvalue weighted by molar-refractivity contribution is -0.167. The monoisotopic (exact) mass is 807 g/mol. The number of carbonyl (C=O) groups excluding carboxylic acids is 3. The van der Waals surface area contributed by atoms with Crippen molar-refractivity contribution in [3.8, 4) is 0 Å². The Labute approximate surface area is 355 Å². The predicted molar refractivity (Wildman–Crippen MR) is 243 cm³/mol. The van der Waals surface area contributed by atoms with Crippen LogP contribution in [0.15, 0.2) is 0 Å². The molecule has 0 amide bonds. The van der Waals surface area contributed by atoms with Crippen molar-refractivity contribution in [1.29, 1.82) is 0 Å². The van der Waals surface area contributed by atoms with E-state index in [9.17, 15) is 14.4 Å². The van der Waals surface area contributed by atoms with Crippen molar-refractivity contribution in [3.05, 3.63) is 0 Å². The minimum Gasteiger partial charge on any atom is -0.462 e. The molecule has 0 bridgehead atoms. The molecule has 0 spiro atoms. The van der Waals surface area contributed by atoms with Crippen molar-refractivity contribution in [2.75, 3.05) is 13.2 Å². The number of esters is 3. The third kappa shape index (κ3) is 45.3. The van der Waals surface area contributed by atoms with Gasteiger partial charge < -0.3 is 14.2 Å². The maximum atomic E-state index is 12.7. The molecule has 6 heteroatoms. The van der Waals surface area contributed by atoms with Crippen LogP contribution in [0.3, 0.4) is 0 Å². The second-order valence-corrected chi connectivity index (χ2v) is 17.9. The minimum atomic E-state index is -0.760. The molecule has 1 atom stereocenters. The summed E-state index contributed by atoms with van der Waals surface area (Å²) in [6.45, 7) is 8.96. The van der Waals surface area contributed by atoms with Gasteiger partial charge in [-0.1, -0.05) is 246 Å². The van der Waals surface area contributed by atoms with Gasteiger partial charge >= 0.3 is 17.9 Å². The summed E-state index contributed by atoms with van der Waals surface area (Å²) in [5.74, 6) is -0.0703. The molecule has 57 heavy (non-hydrogen) atoms. The molecule has 0 heterocycles. The van der Waals surface area contributed by atoms with Gasteiger partial charge in [-0.05, 0) is 25.2 Å². The highest BCUT2D eigenvalue weighted by Gasteiger charge is 2.19. The van der Waals surface area contributed by atoms with Crippen LogP contribution in [0.2, 0.25) is 0 Å². The quantitative estimate of drug-likeness (QED) is 0.0346. The van der Waals surface area contributed by atoms with E-state index in [4.69, 9.17) is 14.2 Å². The summed E-state index contributed by atoms with van der Waals surface area (Å²) in [6, 6.07) is 0. The Morgan fingerprint density at radius 1 is 0.333 bits per heavy atom. The molecule has 0 N–H and O–H groups in total. The molecule has 0 fully saturated rings. The van der Waals surface area contributed by atoms with Gasteiger partial charge in [-0.15, -0.1) is 0 Å². The van der Waals surface area contributed by atoms with Crippen molar-refractivity contribution < 1.29 is 28.6 Å². The van der Waals surface area contributed by atoms with Crippen LogP contribution in [0.25, 0.3) is 0 Å². The lowest BCUT2D eigenvalue weighted by Crippen LogP contribution is -2.30. The Kier molecular flexibility index (Phi) is 44.2. The number of rotatable bonds is 46. The lowest BCUT2D eigenvalue weighted by atomic mass is 10.0. The maximum absolute atomic E-state index is 12.7. The third-order valence-electron chi connectivity index (χ3n) is 11.5. The zero-order chi connectivity index (χ0) is 41.7. The van der Waals surface area contributed by atoms with E-state index in [1.165, 1.54) is 180 Å². The Balaban J connectivity index is 4.20. The average molecular weight is 807 g/mol. The highest BCUT2D eigenvalue weighted by Crippen LogP contribution is 2.17. The first-order chi connectivity index (χ1) is 27.9. The molecule has 0 aliphatic carbocycles. The van der Waals surface area contributed by atoms with Crippen LogP contribution >= 0.6 is 0 Å². The van der Waals surface area contributed by atoms with E-state index >= 15 is 0 Å². The predicted octanol–water partition coefficient (Wildman–Crippen LogP) is 16.3. The molecular formula is C51H98O6. The topological polar surface area (TPSA) is 78.9 Å². The number of ether oxygens (including phenoxy) is 3. The first-order valence-electron chi connectivity index (χ1n) is 25.4. The molecule has 338 valence electrons. The molecule has 0 radical (unpaired) electrons. The zero-order valence-electron chi connectivity index (χ0n) is 38.8. The molecule has 0 saturated heterocycles. The van der Waals surface area contributed by atoms with E-state index in [1.54, 1.807) is 0 Å². The highest BCUT2D eigenvalue weighted by atomic mass is 16.6. The van der Waals surface area contributed by atoms with Crippen LogP contribution in [0.1, 0.15) is 285 Å². The zero-order valence-corrected chi connectivity index (χ0v) is 38.8. The van der Waals surface area contributed by atoms with Crippen LogP contribution in [0.5, 0.6) is 0 Å². The van der Waals surface area contributed by atoms with Gasteiger partial charge in [0.2, 0.25) is 0 Å². The molecular weight excluding hydrogens is 709 g/mol. The summed E-state index contributed by atoms with van der Waals surface area (Å²) in [5.41, 5.74) is 0. The third-order valence-corrected chi connectivity index (χ3v) is 11.5. The van der Waals surface area contributed by atoms with E-state index in [0.717, 1.165) is 63.7 Å². The van der Waals surface area contributed by atoms with Crippen LogP contribution in [0, 0.1) is 5.92 Å². The first kappa shape index (κ1) is 55.4. The molecule has 0 saturated carbocycles. The molecule has 0 aromatic carbocycles. The van der Waals surface area contributed by atoms with Gasteiger partial charge in [0.05, 0.1) is 0 Å². The van der Waals surface area contributed by atoms with E-state index in [2.05, 4.69) is 27.7 Å². The van der Waals surface area contributed by atoms with Crippen molar-refractivity contribution >= 4 is 17.9 Å². The van der Waals surface area contributed by atoms with Gasteiger partial charge in [0.15, 0.2) is 6.10 Å². The summed E-state index contributed by atoms with van der Waals surface area (Å²) in [5, 5.41) is 0. The molecule has 0 aliphatic heterocycles. The van der Waals surface area contributed by atoms with Crippen LogP contribution in [-0.2, 0) is 28.6 Å². The molecule has 0 aromatic heterocycles. The number of carbonyl (C=O) groups is 3. The van der Waals surface area contributed by atoms with E-state index in [-0.39, 0.29) is 31.1 Å². The fraction of sp³-hybridized carbons (Fsp3) is 0.941. The van der Waals surface area contributed by atoms with Gasteiger partial charge in [0.25, 0.3) is 0 Å². The van der Waals surface area contributed by atoms with E-state index in [0.29, 0.717) is 19.3 Å². The maximum Gasteiger partial charge on any atom is 0.306 e. The van der Waals surface area contributed by atoms with Crippen molar-refractivity contribution in [1.82, 2.24) is 0 Å². The minimum absolute atomic E-state index is 0.0637. The first-order valence-corrected chi connectivity index (χ1v) is 25.4. The average Bonchev–Trinajstić information content (AvgIpc) is 3.19. The fourth-order valence-corrected chi connectivity index (χ4v) is 7.69. The summed E-state index contributed by atoms with van der Waals surface area (Å²) in [7, 11) is 0. The largest absolute Gasteiger partial charge is 0.462 e. The molecule has 0 aliphatic rings. The van der Waals surface area contributed by atoms with Crippen LogP contribution < -0.4 is 0 Å². The highest BCUT2D eigenvalue weighted by molar-refractivity contribution is 5.71. The number of hydrogen-bond donors (Lipinski definition) is 0. The van der Waals surface area contributed by atoms with Gasteiger partial charge in [-0.25, -0.2) is 0 Å². The van der Waals surface area contributed by atoms with Crippen LogP contribution in [-0.4, -0.2) is 37.2 Å². The van der Waals surface area contributed by atoms with Gasteiger partial charge in [-0.2, -0.15) is 0 Å². The van der Waals surface area contributed by atoms with Crippen molar-refractivity contribution in [3.63, 3.8) is 0 Å². The summed E-state index contributed by atoms with van der Waals surface area (Å²) in [4.78, 5) is 37.8. The van der Waals surface area contributed by atoms with E-state index in [1.807, 2.05) is 0 Å². The normalized spacial score (nSPS) is 11.9. The Morgan fingerprint density at radius 3 is 0.860 bits per heavy atom. The summed E-state index contributed by atoms with van der Waals surface area (Å²) < 4.78 is 16.7. The fourth-order valence-electron chi connectivity index (χ4n) is 7.69. The summed E-state index contributed by atoms with van der Waals surface area (Å²) in [6.07, 6.45) is 46.7. The van der Waals surface area contributed by atoms with Gasteiger partial charge in [0.1, 0.15) is 13.2 Å². The SMILES string of the molecule is CCCCCCCCCCCCCCCCCCCCCC(=O)OC[C@H](COC(=O)CCCCCCCCCC(C)C)OC(=O)CCCCCCCCCCCC. The standard InChI is InChI=1S/C51H98O6/c1-5-7-9-11-13-15-17-18-19-20-21-22-23-24-25-27-30-34-38-42-49(52)55-45-48(57-51(54)44-40-36-31-26-16-14-12-10-8-6-2)46-56-50(53)43-39-35-32-28-29-33-37-41-47(3)4/h47-48H,5-46H2,1-4H3/t48-/m1/s1. The molecule has 0 aromatic rings. The smallest absolute Gasteiger partial charge is 0.306 e. The molecule has 0 rings (SSSR count). The lowest BCUT2D eigenvalue weighted by Gasteiger charge is -2.18. The van der Waals surface area contributed by atoms with E-state index < -0.39 is 6.10 Å².